The van der Waals surface area contributed by atoms with Crippen molar-refractivity contribution in [2.24, 2.45) is 11.8 Å². The molecule has 0 radical (unpaired) electrons. The molecule has 0 spiro atoms. The predicted molar refractivity (Wildman–Crippen MR) is 412 cm³/mol. The van der Waals surface area contributed by atoms with Crippen LogP contribution in [0.2, 0.25) is 36.3 Å². The number of hydrogen-bond acceptors (Lipinski definition) is 10. The number of aryl methyl sites for hydroxylation is 2. The number of aromatic amines is 2. The summed E-state index contributed by atoms with van der Waals surface area (Å²) in [6, 6.07) is 48.6. The first kappa shape index (κ1) is 77.3. The minimum absolute atomic E-state index is 0. The average Bonchev–Trinajstić information content (AvgIpc) is 1.64. The van der Waals surface area contributed by atoms with Gasteiger partial charge < -0.3 is 39.3 Å². The fourth-order valence-electron chi connectivity index (χ4n) is 12.7. The van der Waals surface area contributed by atoms with Crippen LogP contribution in [-0.4, -0.2) is 149 Å². The molecule has 2 aliphatic rings. The van der Waals surface area contributed by atoms with E-state index < -0.39 is 28.7 Å². The average molecular weight is 1370 g/mol. The molecule has 6 aromatic carbocycles. The summed E-state index contributed by atoms with van der Waals surface area (Å²) in [5.74, 6) is 12.8. The van der Waals surface area contributed by atoms with Crippen LogP contribution in [0, 0.1) is 49.4 Å². The summed E-state index contributed by atoms with van der Waals surface area (Å²) >= 11 is 0. The summed E-state index contributed by atoms with van der Waals surface area (Å²) in [7, 11) is 4.04. The molecule has 2 amide bonds. The zero-order chi connectivity index (χ0) is 70.7. The van der Waals surface area contributed by atoms with Crippen molar-refractivity contribution in [3.05, 3.63) is 214 Å². The van der Waals surface area contributed by atoms with Gasteiger partial charge in [0, 0.05) is 94.5 Å². The smallest absolute Gasteiger partial charge is 0.240 e. The van der Waals surface area contributed by atoms with Crippen LogP contribution in [0.3, 0.4) is 0 Å². The van der Waals surface area contributed by atoms with E-state index in [1.807, 2.05) is 95.3 Å². The van der Waals surface area contributed by atoms with Crippen molar-refractivity contribution >= 4 is 50.3 Å². The molecule has 14 nitrogen and oxygen atoms in total. The fourth-order valence-corrected chi connectivity index (χ4v) is 15.5. The monoisotopic (exact) mass is 1370 g/mol. The topological polar surface area (TPSA) is 140 Å². The molecule has 0 saturated carbocycles. The van der Waals surface area contributed by atoms with Gasteiger partial charge in [0.1, 0.15) is 24.3 Å². The number of aromatic nitrogens is 2. The van der Waals surface area contributed by atoms with Crippen LogP contribution >= 0.6 is 0 Å². The van der Waals surface area contributed by atoms with Gasteiger partial charge >= 0.3 is 0 Å². The Morgan fingerprint density at radius 2 is 0.828 bits per heavy atom. The Balaban J connectivity index is 0.000000250. The number of hydroxylamine groups is 4. The summed E-state index contributed by atoms with van der Waals surface area (Å²) in [6.07, 6.45) is 4.64. The van der Waals surface area contributed by atoms with Crippen LogP contribution in [0.15, 0.2) is 158 Å². The molecule has 99 heavy (non-hydrogen) atoms. The zero-order valence-electron chi connectivity index (χ0n) is 61.5. The Kier molecular flexibility index (Phi) is 26.4. The minimum Gasteiger partial charge on any atom is -0.411 e. The van der Waals surface area contributed by atoms with Crippen molar-refractivity contribution in [1.29, 1.82) is 0 Å². The third-order valence-electron chi connectivity index (χ3n) is 20.1. The second kappa shape index (κ2) is 33.8. The zero-order valence-corrected chi connectivity index (χ0v) is 63.5. The van der Waals surface area contributed by atoms with Gasteiger partial charge in [-0.3, -0.25) is 19.3 Å². The lowest BCUT2D eigenvalue weighted by molar-refractivity contribution is -0.190. The van der Waals surface area contributed by atoms with Crippen molar-refractivity contribution < 1.29 is 28.1 Å². The molecular formula is C83H112N8O6Si2. The number of nitrogens with one attached hydrogen (secondary N) is 4. The van der Waals surface area contributed by atoms with Gasteiger partial charge in [-0.1, -0.05) is 169 Å². The molecule has 2 fully saturated rings. The van der Waals surface area contributed by atoms with E-state index in [9.17, 15) is 9.59 Å². The quantitative estimate of drug-likeness (QED) is 0.0383. The van der Waals surface area contributed by atoms with Gasteiger partial charge in [0.15, 0.2) is 16.6 Å². The highest BCUT2D eigenvalue weighted by Gasteiger charge is 2.53. The minimum atomic E-state index is -2.10. The number of carbonyl (C=O) groups is 2. The first-order valence-corrected chi connectivity index (χ1v) is 40.8. The Labute approximate surface area is 594 Å². The second-order valence-electron chi connectivity index (χ2n) is 30.6. The van der Waals surface area contributed by atoms with Crippen LogP contribution in [0.25, 0.3) is 21.8 Å². The first-order chi connectivity index (χ1) is 46.4. The van der Waals surface area contributed by atoms with Gasteiger partial charge in [-0.15, -0.1) is 0 Å². The molecule has 4 heterocycles. The van der Waals surface area contributed by atoms with Crippen LogP contribution in [0.1, 0.15) is 118 Å². The van der Waals surface area contributed by atoms with Crippen molar-refractivity contribution in [2.75, 3.05) is 54.4 Å². The number of hydrogen-bond donors (Lipinski definition) is 4. The number of para-hydroxylation sites is 2. The lowest BCUT2D eigenvalue weighted by atomic mass is 9.90. The standard InChI is InChI=1S/2C41H54N4O3Si.CH4/c2*1-29-14-16-31(17-15-29)18-19-32-20-22-33(23-21-32)27-45-38(40(46)42-25-24-34-26-43-37-13-11-10-12-35(34)37)36(28-44(6)7)39(47-45)30(2)48-49(8,9)41(3,4)5;/h2*10-17,20-23,26,30,36,38-39,43H,24-25,27-28H2,1-9H3,(H,42,46);1H4/t2*30-,36-,38-,39-;/m00./s1. The third-order valence-corrected chi connectivity index (χ3v) is 29.3. The summed E-state index contributed by atoms with van der Waals surface area (Å²) < 4.78 is 13.8. The summed E-state index contributed by atoms with van der Waals surface area (Å²) in [6.45, 7) is 34.4. The number of H-pyrrole nitrogens is 2. The van der Waals surface area contributed by atoms with Crippen LogP contribution in [-0.2, 0) is 54.0 Å². The Hall–Kier alpha value is -7.43. The molecule has 2 saturated heterocycles. The summed E-state index contributed by atoms with van der Waals surface area (Å²) in [4.78, 5) is 53.0. The highest BCUT2D eigenvalue weighted by molar-refractivity contribution is 6.74. The van der Waals surface area contributed by atoms with Gasteiger partial charge in [-0.25, -0.2) is 0 Å². The van der Waals surface area contributed by atoms with Crippen LogP contribution in [0.4, 0.5) is 0 Å². The fraction of sp³-hybridized carbons (Fsp3) is 0.446. The molecule has 528 valence electrons. The van der Waals surface area contributed by atoms with E-state index in [0.717, 1.165) is 57.3 Å². The maximum atomic E-state index is 14.2. The normalized spacial score (nSPS) is 19.0. The molecule has 16 heteroatoms. The molecule has 0 unspecified atom stereocenters. The molecule has 4 N–H and O–H groups in total. The van der Waals surface area contributed by atoms with Crippen molar-refractivity contribution in [1.82, 2.24) is 40.5 Å². The van der Waals surface area contributed by atoms with Gasteiger partial charge in [-0.05, 0) is 188 Å². The molecule has 8 atom stereocenters. The Bertz CT molecular complexity index is 3790. The van der Waals surface area contributed by atoms with E-state index in [0.29, 0.717) is 39.3 Å². The number of amides is 2. The third kappa shape index (κ3) is 20.4. The molecule has 0 aliphatic carbocycles. The summed E-state index contributed by atoms with van der Waals surface area (Å²) in [5, 5.41) is 12.9. The summed E-state index contributed by atoms with van der Waals surface area (Å²) in [5.41, 5.74) is 13.0. The SMILES string of the molecule is C.Cc1ccc(C#Cc2ccc(CN3O[C@@H]([C@H](C)O[Si](C)(C)C(C)(C)C)[C@@H](CN(C)C)[C@H]3C(=O)NCCc3c[nH]c4ccccc34)cc2)cc1.Cc1ccc(C#Cc2ccc(CN3O[C@@H]([C@H](C)O[Si](C)(C)C(C)(C)C)[C@@H](CN(C)C)[C@H]3C(=O)NCCc3c[nH]c4ccccc34)cc2)cc1. The van der Waals surface area contributed by atoms with Gasteiger partial charge in [0.25, 0.3) is 0 Å². The van der Waals surface area contributed by atoms with Gasteiger partial charge in [0.2, 0.25) is 11.8 Å². The van der Waals surface area contributed by atoms with E-state index in [-0.39, 0.29) is 65.6 Å². The van der Waals surface area contributed by atoms with Crippen LogP contribution in [0.5, 0.6) is 0 Å². The van der Waals surface area contributed by atoms with E-state index in [1.54, 1.807) is 0 Å². The van der Waals surface area contributed by atoms with Crippen molar-refractivity contribution in [3.63, 3.8) is 0 Å². The number of rotatable bonds is 22. The second-order valence-corrected chi connectivity index (χ2v) is 40.1. The lowest BCUT2D eigenvalue weighted by Gasteiger charge is -2.40. The molecular weight excluding hydrogens is 1260 g/mol. The van der Waals surface area contributed by atoms with Gasteiger partial charge in [-0.2, -0.15) is 10.1 Å². The van der Waals surface area contributed by atoms with Crippen LogP contribution < -0.4 is 10.6 Å². The predicted octanol–water partition coefficient (Wildman–Crippen LogP) is 15.3. The molecule has 2 aromatic heterocycles. The number of benzene rings is 6. The highest BCUT2D eigenvalue weighted by Crippen LogP contribution is 2.42. The van der Waals surface area contributed by atoms with Crippen molar-refractivity contribution in [2.45, 2.75) is 175 Å². The van der Waals surface area contributed by atoms with Crippen molar-refractivity contribution in [3.8, 4) is 23.7 Å². The largest absolute Gasteiger partial charge is 0.411 e. The lowest BCUT2D eigenvalue weighted by Crippen LogP contribution is -2.51. The number of nitrogens with zero attached hydrogens (tertiary/aromatic N) is 4. The van der Waals surface area contributed by atoms with E-state index in [2.05, 4.69) is 250 Å². The number of carbonyl (C=O) groups excluding carboxylic acids is 2. The maximum Gasteiger partial charge on any atom is 0.240 e. The number of fused-ring (bicyclic) bond motifs is 2. The molecule has 0 bridgehead atoms. The Morgan fingerprint density at radius 1 is 0.515 bits per heavy atom. The van der Waals surface area contributed by atoms with E-state index >= 15 is 0 Å². The molecule has 8 aromatic rings. The van der Waals surface area contributed by atoms with E-state index in [1.165, 1.54) is 33.0 Å². The van der Waals surface area contributed by atoms with Gasteiger partial charge in [0.05, 0.1) is 25.3 Å². The maximum absolute atomic E-state index is 14.2. The Morgan fingerprint density at radius 3 is 1.14 bits per heavy atom. The molecule has 2 aliphatic heterocycles. The highest BCUT2D eigenvalue weighted by atomic mass is 28.4. The molecule has 10 rings (SSSR count). The van der Waals surface area contributed by atoms with E-state index in [4.69, 9.17) is 18.5 Å². The first-order valence-electron chi connectivity index (χ1n) is 35.0.